The van der Waals surface area contributed by atoms with E-state index in [0.717, 1.165) is 16.7 Å². The lowest BCUT2D eigenvalue weighted by molar-refractivity contribution is 0.0595. The zero-order valence-electron chi connectivity index (χ0n) is 15.0. The number of fused-ring (bicyclic) bond motifs is 1. The van der Waals surface area contributed by atoms with Crippen molar-refractivity contribution in [2.24, 2.45) is 0 Å². The highest BCUT2D eigenvalue weighted by Crippen LogP contribution is 2.33. The molecule has 2 aromatic carbocycles. The lowest BCUT2D eigenvalue weighted by atomic mass is 10.0. The Morgan fingerprint density at radius 3 is 2.04 bits per heavy atom. The standard InChI is InChI=1S/C22H18N2O3/c1-14(24-21(25)18-6-3-4-7-19(18)22(24)26)15-9-11-16(12-10-15)17-8-5-13-23-20(17)27-2/h3-14H,1-2H3. The SMILES string of the molecule is COc1ncccc1-c1ccc(C(C)N2C(=O)c3ccccc3C2=O)cc1. The van der Waals surface area contributed by atoms with Crippen LogP contribution in [0.15, 0.2) is 66.9 Å². The van der Waals surface area contributed by atoms with Gasteiger partial charge in [-0.25, -0.2) is 4.98 Å². The molecule has 1 aliphatic heterocycles. The molecule has 5 nitrogen and oxygen atoms in total. The first kappa shape index (κ1) is 17.0. The second-order valence-corrected chi connectivity index (χ2v) is 6.38. The first-order valence-electron chi connectivity index (χ1n) is 8.68. The molecule has 0 bridgehead atoms. The molecule has 5 heteroatoms. The molecule has 4 rings (SSSR count). The Labute approximate surface area is 157 Å². The minimum absolute atomic E-state index is 0.249. The average molecular weight is 358 g/mol. The molecule has 0 radical (unpaired) electrons. The molecule has 27 heavy (non-hydrogen) atoms. The fourth-order valence-corrected chi connectivity index (χ4v) is 3.42. The van der Waals surface area contributed by atoms with E-state index < -0.39 is 0 Å². The molecular weight excluding hydrogens is 340 g/mol. The second-order valence-electron chi connectivity index (χ2n) is 6.38. The first-order valence-corrected chi connectivity index (χ1v) is 8.68. The number of rotatable bonds is 4. The number of methoxy groups -OCH3 is 1. The fourth-order valence-electron chi connectivity index (χ4n) is 3.42. The monoisotopic (exact) mass is 358 g/mol. The third kappa shape index (κ3) is 2.77. The summed E-state index contributed by atoms with van der Waals surface area (Å²) in [7, 11) is 1.59. The topological polar surface area (TPSA) is 59.5 Å². The summed E-state index contributed by atoms with van der Waals surface area (Å²) in [6.45, 7) is 1.86. The number of imide groups is 1. The number of benzene rings is 2. The van der Waals surface area contributed by atoms with Crippen LogP contribution in [-0.2, 0) is 0 Å². The van der Waals surface area contributed by atoms with Gasteiger partial charge in [-0.1, -0.05) is 36.4 Å². The highest BCUT2D eigenvalue weighted by atomic mass is 16.5. The van der Waals surface area contributed by atoms with Gasteiger partial charge in [0.05, 0.1) is 24.3 Å². The fraction of sp³-hybridized carbons (Fsp3) is 0.136. The van der Waals surface area contributed by atoms with Gasteiger partial charge in [0.2, 0.25) is 5.88 Å². The Morgan fingerprint density at radius 2 is 1.44 bits per heavy atom. The van der Waals surface area contributed by atoms with Crippen molar-refractivity contribution in [2.75, 3.05) is 7.11 Å². The third-order valence-electron chi connectivity index (χ3n) is 4.88. The molecule has 0 aliphatic carbocycles. The number of pyridine rings is 1. The minimum atomic E-state index is -0.359. The van der Waals surface area contributed by atoms with Crippen LogP contribution in [0, 0.1) is 0 Å². The molecule has 0 fully saturated rings. The van der Waals surface area contributed by atoms with Gasteiger partial charge in [-0.05, 0) is 42.3 Å². The molecular formula is C22H18N2O3. The lowest BCUT2D eigenvalue weighted by Crippen LogP contribution is -2.32. The summed E-state index contributed by atoms with van der Waals surface area (Å²) < 4.78 is 5.31. The van der Waals surface area contributed by atoms with Crippen LogP contribution in [-0.4, -0.2) is 28.8 Å². The number of carbonyl (C=O) groups is 2. The molecule has 1 atom stereocenters. The number of hydrogen-bond donors (Lipinski definition) is 0. The predicted octanol–water partition coefficient (Wildman–Crippen LogP) is 4.11. The summed E-state index contributed by atoms with van der Waals surface area (Å²) in [5.41, 5.74) is 3.66. The van der Waals surface area contributed by atoms with Gasteiger partial charge in [-0.3, -0.25) is 14.5 Å². The van der Waals surface area contributed by atoms with Crippen LogP contribution in [0.1, 0.15) is 39.2 Å². The minimum Gasteiger partial charge on any atom is -0.481 e. The Morgan fingerprint density at radius 1 is 0.852 bits per heavy atom. The van der Waals surface area contributed by atoms with Crippen LogP contribution in [0.2, 0.25) is 0 Å². The van der Waals surface area contributed by atoms with E-state index in [-0.39, 0.29) is 17.9 Å². The highest BCUT2D eigenvalue weighted by Gasteiger charge is 2.38. The van der Waals surface area contributed by atoms with E-state index in [2.05, 4.69) is 4.98 Å². The van der Waals surface area contributed by atoms with Crippen LogP contribution in [0.5, 0.6) is 5.88 Å². The van der Waals surface area contributed by atoms with Gasteiger partial charge in [0.25, 0.3) is 11.8 Å². The lowest BCUT2D eigenvalue weighted by Gasteiger charge is -2.23. The van der Waals surface area contributed by atoms with Crippen molar-refractivity contribution < 1.29 is 14.3 Å². The maximum absolute atomic E-state index is 12.7. The number of hydrogen-bond acceptors (Lipinski definition) is 4. The van der Waals surface area contributed by atoms with Gasteiger partial charge in [-0.15, -0.1) is 0 Å². The molecule has 1 aliphatic rings. The highest BCUT2D eigenvalue weighted by molar-refractivity contribution is 6.21. The molecule has 2 amide bonds. The summed E-state index contributed by atoms with van der Waals surface area (Å²) in [6, 6.07) is 18.1. The van der Waals surface area contributed by atoms with Crippen molar-refractivity contribution in [1.29, 1.82) is 0 Å². The van der Waals surface area contributed by atoms with E-state index in [1.54, 1.807) is 37.6 Å². The predicted molar refractivity (Wildman–Crippen MR) is 102 cm³/mol. The molecule has 2 heterocycles. The van der Waals surface area contributed by atoms with Gasteiger partial charge < -0.3 is 4.74 Å². The summed E-state index contributed by atoms with van der Waals surface area (Å²) >= 11 is 0. The normalized spacial score (nSPS) is 14.2. The van der Waals surface area contributed by atoms with Crippen molar-refractivity contribution in [1.82, 2.24) is 9.88 Å². The third-order valence-corrected chi connectivity index (χ3v) is 4.88. The van der Waals surface area contributed by atoms with Crippen molar-refractivity contribution >= 4 is 11.8 Å². The Hall–Kier alpha value is -3.47. The van der Waals surface area contributed by atoms with Crippen molar-refractivity contribution in [2.45, 2.75) is 13.0 Å². The number of aromatic nitrogens is 1. The summed E-state index contributed by atoms with van der Waals surface area (Å²) in [5.74, 6) is 0.0563. The summed E-state index contributed by atoms with van der Waals surface area (Å²) in [5, 5.41) is 0. The second kappa shape index (κ2) is 6.68. The Balaban J connectivity index is 1.63. The smallest absolute Gasteiger partial charge is 0.262 e. The van der Waals surface area contributed by atoms with Crippen molar-refractivity contribution in [3.63, 3.8) is 0 Å². The van der Waals surface area contributed by atoms with E-state index in [4.69, 9.17) is 4.74 Å². The van der Waals surface area contributed by atoms with E-state index in [0.29, 0.717) is 17.0 Å². The molecule has 0 N–H and O–H groups in total. The maximum Gasteiger partial charge on any atom is 0.262 e. The van der Waals surface area contributed by atoms with Crippen molar-refractivity contribution in [3.8, 4) is 17.0 Å². The molecule has 1 aromatic heterocycles. The van der Waals surface area contributed by atoms with Crippen molar-refractivity contribution in [3.05, 3.63) is 83.6 Å². The van der Waals surface area contributed by atoms with Crippen LogP contribution in [0.3, 0.4) is 0 Å². The van der Waals surface area contributed by atoms with E-state index in [9.17, 15) is 9.59 Å². The van der Waals surface area contributed by atoms with E-state index >= 15 is 0 Å². The number of carbonyl (C=O) groups excluding carboxylic acids is 2. The first-order chi connectivity index (χ1) is 13.1. The molecule has 0 spiro atoms. The van der Waals surface area contributed by atoms with Gasteiger partial charge in [0.1, 0.15) is 0 Å². The van der Waals surface area contributed by atoms with E-state index in [1.165, 1.54) is 4.90 Å². The summed E-state index contributed by atoms with van der Waals surface area (Å²) in [4.78, 5) is 30.9. The zero-order chi connectivity index (χ0) is 19.0. The van der Waals surface area contributed by atoms with Crippen LogP contribution >= 0.6 is 0 Å². The Bertz CT molecular complexity index is 993. The van der Waals surface area contributed by atoms with Gasteiger partial charge >= 0.3 is 0 Å². The molecule has 3 aromatic rings. The molecule has 0 saturated carbocycles. The zero-order valence-corrected chi connectivity index (χ0v) is 15.0. The number of amides is 2. The van der Waals surface area contributed by atoms with Crippen LogP contribution < -0.4 is 4.74 Å². The quantitative estimate of drug-likeness (QED) is 0.659. The van der Waals surface area contributed by atoms with Crippen LogP contribution in [0.25, 0.3) is 11.1 Å². The molecule has 134 valence electrons. The van der Waals surface area contributed by atoms with E-state index in [1.807, 2.05) is 43.3 Å². The molecule has 0 saturated heterocycles. The average Bonchev–Trinajstić information content (AvgIpc) is 2.98. The van der Waals surface area contributed by atoms with Crippen LogP contribution in [0.4, 0.5) is 0 Å². The molecule has 1 unspecified atom stereocenters. The van der Waals surface area contributed by atoms with Gasteiger partial charge in [0, 0.05) is 11.8 Å². The number of nitrogens with zero attached hydrogens (tertiary/aromatic N) is 2. The largest absolute Gasteiger partial charge is 0.481 e. The number of ether oxygens (including phenoxy) is 1. The summed E-state index contributed by atoms with van der Waals surface area (Å²) in [6.07, 6.45) is 1.68. The maximum atomic E-state index is 12.7. The van der Waals surface area contributed by atoms with Gasteiger partial charge in [0.15, 0.2) is 0 Å². The Kier molecular flexibility index (Phi) is 4.20. The van der Waals surface area contributed by atoms with Gasteiger partial charge in [-0.2, -0.15) is 0 Å².